The van der Waals surface area contributed by atoms with Crippen molar-refractivity contribution in [3.05, 3.63) is 51.5 Å². The standard InChI is InChI=1S/C15H18Cl2FN3/c1-9(2)21-15(12(17)8-20-21)14(19-3)7-10-11(16)5-4-6-13(10)18/h4-6,8-9,14,19H,7H2,1-3H3. The molecule has 1 atom stereocenters. The van der Waals surface area contributed by atoms with Gasteiger partial charge in [-0.25, -0.2) is 4.39 Å². The lowest BCUT2D eigenvalue weighted by Gasteiger charge is -2.21. The molecule has 1 heterocycles. The molecule has 2 rings (SSSR count). The van der Waals surface area contributed by atoms with Crippen LogP contribution in [0.5, 0.6) is 0 Å². The van der Waals surface area contributed by atoms with E-state index in [4.69, 9.17) is 23.2 Å². The van der Waals surface area contributed by atoms with Crippen molar-refractivity contribution < 1.29 is 4.39 Å². The molecule has 0 amide bonds. The first-order valence-electron chi connectivity index (χ1n) is 6.78. The summed E-state index contributed by atoms with van der Waals surface area (Å²) in [6, 6.07) is 4.70. The summed E-state index contributed by atoms with van der Waals surface area (Å²) in [5, 5.41) is 8.45. The number of aromatic nitrogens is 2. The number of benzene rings is 1. The average molecular weight is 330 g/mol. The molecule has 0 saturated heterocycles. The maximum absolute atomic E-state index is 14.0. The summed E-state index contributed by atoms with van der Waals surface area (Å²) >= 11 is 12.4. The Labute approximate surface area is 134 Å². The third-order valence-corrected chi connectivity index (χ3v) is 4.07. The van der Waals surface area contributed by atoms with Crippen LogP contribution in [-0.2, 0) is 6.42 Å². The molecular formula is C15H18Cl2FN3. The van der Waals surface area contributed by atoms with Gasteiger partial charge >= 0.3 is 0 Å². The topological polar surface area (TPSA) is 29.9 Å². The second-order valence-electron chi connectivity index (χ2n) is 5.16. The molecule has 0 bridgehead atoms. The number of halogens is 3. The first-order valence-corrected chi connectivity index (χ1v) is 7.54. The Bertz CT molecular complexity index is 605. The van der Waals surface area contributed by atoms with E-state index in [1.807, 2.05) is 25.6 Å². The second-order valence-corrected chi connectivity index (χ2v) is 5.98. The molecule has 0 fully saturated rings. The predicted octanol–water partition coefficient (Wildman–Crippen LogP) is 4.41. The van der Waals surface area contributed by atoms with Crippen LogP contribution >= 0.6 is 23.2 Å². The van der Waals surface area contributed by atoms with Crippen molar-refractivity contribution in [1.82, 2.24) is 15.1 Å². The summed E-state index contributed by atoms with van der Waals surface area (Å²) in [6.07, 6.45) is 2.02. The van der Waals surface area contributed by atoms with Crippen LogP contribution in [0.15, 0.2) is 24.4 Å². The van der Waals surface area contributed by atoms with Crippen LogP contribution in [-0.4, -0.2) is 16.8 Å². The van der Waals surface area contributed by atoms with E-state index in [1.54, 1.807) is 18.3 Å². The number of rotatable bonds is 5. The van der Waals surface area contributed by atoms with Gasteiger partial charge < -0.3 is 5.32 Å². The van der Waals surface area contributed by atoms with Crippen LogP contribution in [0.2, 0.25) is 10.0 Å². The Kier molecular flexibility index (Phi) is 5.25. The number of nitrogens with one attached hydrogen (secondary N) is 1. The maximum atomic E-state index is 14.0. The van der Waals surface area contributed by atoms with E-state index < -0.39 is 0 Å². The Balaban J connectivity index is 2.39. The van der Waals surface area contributed by atoms with Gasteiger partial charge in [0.15, 0.2) is 0 Å². The molecule has 21 heavy (non-hydrogen) atoms. The first-order chi connectivity index (χ1) is 9.95. The van der Waals surface area contributed by atoms with Crippen LogP contribution in [0.1, 0.15) is 37.2 Å². The predicted molar refractivity (Wildman–Crippen MR) is 84.5 cm³/mol. The van der Waals surface area contributed by atoms with Gasteiger partial charge in [0, 0.05) is 16.6 Å². The highest BCUT2D eigenvalue weighted by Gasteiger charge is 2.23. The molecule has 1 aromatic heterocycles. The average Bonchev–Trinajstić information content (AvgIpc) is 2.81. The molecule has 1 N–H and O–H groups in total. The third-order valence-electron chi connectivity index (χ3n) is 3.42. The number of hydrogen-bond acceptors (Lipinski definition) is 2. The minimum atomic E-state index is -0.311. The molecular weight excluding hydrogens is 312 g/mol. The monoisotopic (exact) mass is 329 g/mol. The molecule has 0 radical (unpaired) electrons. The highest BCUT2D eigenvalue weighted by Crippen LogP contribution is 2.30. The Morgan fingerprint density at radius 2 is 2.00 bits per heavy atom. The lowest BCUT2D eigenvalue weighted by atomic mass is 10.0. The molecule has 3 nitrogen and oxygen atoms in total. The van der Waals surface area contributed by atoms with Gasteiger partial charge in [0.05, 0.1) is 23.0 Å². The van der Waals surface area contributed by atoms with E-state index in [2.05, 4.69) is 10.4 Å². The largest absolute Gasteiger partial charge is 0.311 e. The zero-order chi connectivity index (χ0) is 15.6. The fourth-order valence-corrected chi connectivity index (χ4v) is 2.86. The molecule has 114 valence electrons. The van der Waals surface area contributed by atoms with Gasteiger partial charge in [-0.3, -0.25) is 4.68 Å². The highest BCUT2D eigenvalue weighted by molar-refractivity contribution is 6.31. The van der Waals surface area contributed by atoms with Gasteiger partial charge in [0.25, 0.3) is 0 Å². The van der Waals surface area contributed by atoms with Crippen molar-refractivity contribution in [2.45, 2.75) is 32.4 Å². The minimum Gasteiger partial charge on any atom is -0.311 e. The van der Waals surface area contributed by atoms with Gasteiger partial charge in [-0.05, 0) is 39.4 Å². The first kappa shape index (κ1) is 16.3. The van der Waals surface area contributed by atoms with Crippen molar-refractivity contribution in [3.63, 3.8) is 0 Å². The van der Waals surface area contributed by atoms with Gasteiger partial charge in [0.2, 0.25) is 0 Å². The Hall–Kier alpha value is -1.10. The Morgan fingerprint density at radius 1 is 1.29 bits per heavy atom. The van der Waals surface area contributed by atoms with Crippen molar-refractivity contribution in [2.24, 2.45) is 0 Å². The minimum absolute atomic E-state index is 0.166. The zero-order valence-electron chi connectivity index (χ0n) is 12.2. The molecule has 0 aliphatic carbocycles. The molecule has 0 aliphatic rings. The summed E-state index contributed by atoms with van der Waals surface area (Å²) in [7, 11) is 1.81. The van der Waals surface area contributed by atoms with Crippen molar-refractivity contribution in [1.29, 1.82) is 0 Å². The highest BCUT2D eigenvalue weighted by atomic mass is 35.5. The quantitative estimate of drug-likeness (QED) is 0.880. The molecule has 2 aromatic rings. The van der Waals surface area contributed by atoms with Crippen LogP contribution in [0.25, 0.3) is 0 Å². The Morgan fingerprint density at radius 3 is 2.57 bits per heavy atom. The molecule has 0 aliphatic heterocycles. The summed E-state index contributed by atoms with van der Waals surface area (Å²) in [5.74, 6) is -0.311. The van der Waals surface area contributed by atoms with Gasteiger partial charge in [-0.15, -0.1) is 0 Å². The maximum Gasteiger partial charge on any atom is 0.127 e. The number of nitrogens with zero attached hydrogens (tertiary/aromatic N) is 2. The van der Waals surface area contributed by atoms with Crippen LogP contribution in [0.3, 0.4) is 0 Å². The zero-order valence-corrected chi connectivity index (χ0v) is 13.7. The summed E-state index contributed by atoms with van der Waals surface area (Å²) in [5.41, 5.74) is 1.32. The summed E-state index contributed by atoms with van der Waals surface area (Å²) < 4.78 is 15.8. The fourth-order valence-electron chi connectivity index (χ4n) is 2.36. The van der Waals surface area contributed by atoms with Crippen LogP contribution < -0.4 is 5.32 Å². The fraction of sp³-hybridized carbons (Fsp3) is 0.400. The second kappa shape index (κ2) is 6.77. The molecule has 0 spiro atoms. The molecule has 1 aromatic carbocycles. The van der Waals surface area contributed by atoms with E-state index >= 15 is 0 Å². The molecule has 0 saturated carbocycles. The summed E-state index contributed by atoms with van der Waals surface area (Å²) in [4.78, 5) is 0. The van der Waals surface area contributed by atoms with Crippen LogP contribution in [0.4, 0.5) is 4.39 Å². The van der Waals surface area contributed by atoms with Gasteiger partial charge in [-0.1, -0.05) is 29.3 Å². The molecule has 1 unspecified atom stereocenters. The molecule has 6 heteroatoms. The number of likely N-dealkylation sites (N-methyl/N-ethyl adjacent to an activating group) is 1. The number of hydrogen-bond donors (Lipinski definition) is 1. The lowest BCUT2D eigenvalue weighted by molar-refractivity contribution is 0.456. The van der Waals surface area contributed by atoms with Gasteiger partial charge in [0.1, 0.15) is 5.82 Å². The van der Waals surface area contributed by atoms with Gasteiger partial charge in [-0.2, -0.15) is 5.10 Å². The lowest BCUT2D eigenvalue weighted by Crippen LogP contribution is -2.24. The van der Waals surface area contributed by atoms with E-state index in [0.717, 1.165) is 5.69 Å². The van der Waals surface area contributed by atoms with Crippen molar-refractivity contribution in [3.8, 4) is 0 Å². The van der Waals surface area contributed by atoms with Crippen molar-refractivity contribution >= 4 is 23.2 Å². The SMILES string of the molecule is CNC(Cc1c(F)cccc1Cl)c1c(Cl)cnn1C(C)C. The third kappa shape index (κ3) is 3.39. The smallest absolute Gasteiger partial charge is 0.127 e. The van der Waals surface area contributed by atoms with E-state index in [9.17, 15) is 4.39 Å². The van der Waals surface area contributed by atoms with E-state index in [-0.39, 0.29) is 17.9 Å². The van der Waals surface area contributed by atoms with Crippen LogP contribution in [0, 0.1) is 5.82 Å². The summed E-state index contributed by atoms with van der Waals surface area (Å²) in [6.45, 7) is 4.05. The van der Waals surface area contributed by atoms with E-state index in [0.29, 0.717) is 22.0 Å². The van der Waals surface area contributed by atoms with E-state index in [1.165, 1.54) is 6.07 Å². The normalized spacial score (nSPS) is 12.9. The van der Waals surface area contributed by atoms with Crippen molar-refractivity contribution in [2.75, 3.05) is 7.05 Å².